The molecule has 7 heteroatoms. The van der Waals surface area contributed by atoms with Crippen molar-refractivity contribution < 1.29 is 18.0 Å². The summed E-state index contributed by atoms with van der Waals surface area (Å²) in [4.78, 5) is 16.8. The highest BCUT2D eigenvalue weighted by atomic mass is 19.4. The van der Waals surface area contributed by atoms with Gasteiger partial charge in [0.15, 0.2) is 0 Å². The number of carbonyl (C=O) groups excluding carboxylic acids is 1. The first kappa shape index (κ1) is 17.8. The van der Waals surface area contributed by atoms with Crippen LogP contribution in [0.4, 0.5) is 19.1 Å². The van der Waals surface area contributed by atoms with Crippen molar-refractivity contribution in [2.45, 2.75) is 52.3 Å². The normalized spacial score (nSPS) is 16.9. The first-order valence-electron chi connectivity index (χ1n) is 8.58. The van der Waals surface area contributed by atoms with E-state index < -0.39 is 11.7 Å². The van der Waals surface area contributed by atoms with E-state index in [0.29, 0.717) is 17.0 Å². The number of amides is 1. The van der Waals surface area contributed by atoms with Gasteiger partial charge in [0.05, 0.1) is 16.6 Å². The van der Waals surface area contributed by atoms with Crippen LogP contribution >= 0.6 is 0 Å². The molecule has 0 aliphatic heterocycles. The molecule has 1 heterocycles. The molecule has 0 bridgehead atoms. The van der Waals surface area contributed by atoms with E-state index in [-0.39, 0.29) is 23.8 Å². The Hall–Kier alpha value is -2.05. The number of anilines is 1. The van der Waals surface area contributed by atoms with E-state index in [1.54, 1.807) is 4.57 Å². The van der Waals surface area contributed by atoms with Crippen LogP contribution in [0.25, 0.3) is 11.0 Å². The minimum atomic E-state index is -4.40. The number of benzene rings is 1. The number of hydrogen-bond acceptors (Lipinski definition) is 2. The van der Waals surface area contributed by atoms with Crippen molar-refractivity contribution in [3.8, 4) is 0 Å². The standard InChI is InChI=1S/C18H22F3N3O/c1-10(2)11(3)16(25)23-17-22-14-8-7-12(18(19,20)21)9-15(14)24(17)13-5-4-6-13/h7-11,13H,4-6H2,1-3H3,(H,22,23,25). The van der Waals surface area contributed by atoms with Crippen LogP contribution in [-0.4, -0.2) is 15.5 Å². The van der Waals surface area contributed by atoms with Gasteiger partial charge in [-0.05, 0) is 43.4 Å². The molecule has 1 amide bonds. The van der Waals surface area contributed by atoms with Crippen LogP contribution in [0.15, 0.2) is 18.2 Å². The van der Waals surface area contributed by atoms with Crippen molar-refractivity contribution in [2.75, 3.05) is 5.32 Å². The first-order chi connectivity index (χ1) is 11.7. The SMILES string of the molecule is CC(C)C(C)C(=O)Nc1nc2ccc(C(F)(F)F)cc2n1C1CCC1. The molecule has 136 valence electrons. The van der Waals surface area contributed by atoms with Crippen LogP contribution in [-0.2, 0) is 11.0 Å². The predicted molar refractivity (Wildman–Crippen MR) is 90.3 cm³/mol. The highest BCUT2D eigenvalue weighted by Crippen LogP contribution is 2.39. The van der Waals surface area contributed by atoms with Crippen LogP contribution in [0.1, 0.15) is 51.6 Å². The fourth-order valence-corrected chi connectivity index (χ4v) is 2.90. The Morgan fingerprint density at radius 2 is 1.96 bits per heavy atom. The number of halogens is 3. The molecule has 1 unspecified atom stereocenters. The number of carbonyl (C=O) groups is 1. The molecule has 0 saturated heterocycles. The molecule has 1 aliphatic carbocycles. The van der Waals surface area contributed by atoms with Gasteiger partial charge in [-0.25, -0.2) is 4.98 Å². The molecule has 25 heavy (non-hydrogen) atoms. The third kappa shape index (κ3) is 3.37. The second-order valence-electron chi connectivity index (χ2n) is 7.11. The lowest BCUT2D eigenvalue weighted by molar-refractivity contribution is -0.137. The molecule has 1 saturated carbocycles. The van der Waals surface area contributed by atoms with Gasteiger partial charge in [-0.3, -0.25) is 10.1 Å². The van der Waals surface area contributed by atoms with Crippen molar-refractivity contribution in [3.63, 3.8) is 0 Å². The zero-order valence-corrected chi connectivity index (χ0v) is 14.5. The Balaban J connectivity index is 2.04. The minimum absolute atomic E-state index is 0.0816. The lowest BCUT2D eigenvalue weighted by Crippen LogP contribution is -2.27. The van der Waals surface area contributed by atoms with E-state index in [2.05, 4.69) is 10.3 Å². The summed E-state index contributed by atoms with van der Waals surface area (Å²) >= 11 is 0. The topological polar surface area (TPSA) is 46.9 Å². The van der Waals surface area contributed by atoms with Crippen LogP contribution < -0.4 is 5.32 Å². The monoisotopic (exact) mass is 353 g/mol. The number of nitrogens with zero attached hydrogens (tertiary/aromatic N) is 2. The molecule has 1 fully saturated rings. The second kappa shape index (κ2) is 6.35. The summed E-state index contributed by atoms with van der Waals surface area (Å²) in [6, 6.07) is 3.61. The van der Waals surface area contributed by atoms with Gasteiger partial charge in [0.2, 0.25) is 11.9 Å². The Labute approximate surface area is 144 Å². The molecule has 2 aromatic rings. The number of alkyl halides is 3. The van der Waals surface area contributed by atoms with Crippen molar-refractivity contribution >= 4 is 22.9 Å². The lowest BCUT2D eigenvalue weighted by Gasteiger charge is -2.29. The van der Waals surface area contributed by atoms with Gasteiger partial charge in [-0.1, -0.05) is 20.8 Å². The third-order valence-corrected chi connectivity index (χ3v) is 5.11. The average molecular weight is 353 g/mol. The highest BCUT2D eigenvalue weighted by molar-refractivity contribution is 5.93. The molecule has 0 spiro atoms. The molecular weight excluding hydrogens is 331 g/mol. The van der Waals surface area contributed by atoms with E-state index in [1.165, 1.54) is 6.07 Å². The summed E-state index contributed by atoms with van der Waals surface area (Å²) in [7, 11) is 0. The Morgan fingerprint density at radius 3 is 2.48 bits per heavy atom. The molecule has 0 radical (unpaired) electrons. The number of aromatic nitrogens is 2. The maximum Gasteiger partial charge on any atom is 0.416 e. The molecule has 1 aromatic carbocycles. The molecule has 1 atom stereocenters. The van der Waals surface area contributed by atoms with Gasteiger partial charge in [0, 0.05) is 12.0 Å². The highest BCUT2D eigenvalue weighted by Gasteiger charge is 2.33. The number of imidazole rings is 1. The molecule has 3 rings (SSSR count). The van der Waals surface area contributed by atoms with Crippen molar-refractivity contribution in [1.82, 2.24) is 9.55 Å². The van der Waals surface area contributed by atoms with Gasteiger partial charge >= 0.3 is 6.18 Å². The summed E-state index contributed by atoms with van der Waals surface area (Å²) in [5.74, 6) is 0.136. The smallest absolute Gasteiger partial charge is 0.307 e. The second-order valence-corrected chi connectivity index (χ2v) is 7.11. The maximum absolute atomic E-state index is 13.1. The molecule has 1 aromatic heterocycles. The van der Waals surface area contributed by atoms with Gasteiger partial charge in [0.25, 0.3) is 0 Å². The van der Waals surface area contributed by atoms with Crippen molar-refractivity contribution in [3.05, 3.63) is 23.8 Å². The number of fused-ring (bicyclic) bond motifs is 1. The van der Waals surface area contributed by atoms with E-state index in [9.17, 15) is 18.0 Å². The van der Waals surface area contributed by atoms with Crippen LogP contribution in [0, 0.1) is 11.8 Å². The lowest BCUT2D eigenvalue weighted by atomic mass is 9.92. The summed E-state index contributed by atoms with van der Waals surface area (Å²) in [6.07, 6.45) is -1.62. The zero-order chi connectivity index (χ0) is 18.4. The summed E-state index contributed by atoms with van der Waals surface area (Å²) in [6.45, 7) is 5.74. The van der Waals surface area contributed by atoms with Gasteiger partial charge < -0.3 is 4.57 Å². The zero-order valence-electron chi connectivity index (χ0n) is 14.5. The molecule has 1 aliphatic rings. The summed E-state index contributed by atoms with van der Waals surface area (Å²) in [5.41, 5.74) is 0.188. The van der Waals surface area contributed by atoms with Gasteiger partial charge in [0.1, 0.15) is 0 Å². The summed E-state index contributed by atoms with van der Waals surface area (Å²) < 4.78 is 40.9. The van der Waals surface area contributed by atoms with E-state index in [1.807, 2.05) is 20.8 Å². The third-order valence-electron chi connectivity index (χ3n) is 5.11. The number of hydrogen-bond donors (Lipinski definition) is 1. The van der Waals surface area contributed by atoms with Crippen LogP contribution in [0.3, 0.4) is 0 Å². The van der Waals surface area contributed by atoms with Crippen LogP contribution in [0.5, 0.6) is 0 Å². The Bertz CT molecular complexity index is 791. The molecule has 4 nitrogen and oxygen atoms in total. The predicted octanol–water partition coefficient (Wildman–Crippen LogP) is 5.01. The van der Waals surface area contributed by atoms with Gasteiger partial charge in [-0.2, -0.15) is 13.2 Å². The van der Waals surface area contributed by atoms with Crippen molar-refractivity contribution in [1.29, 1.82) is 0 Å². The van der Waals surface area contributed by atoms with Crippen molar-refractivity contribution in [2.24, 2.45) is 11.8 Å². The quantitative estimate of drug-likeness (QED) is 0.840. The largest absolute Gasteiger partial charge is 0.416 e. The van der Waals surface area contributed by atoms with E-state index in [4.69, 9.17) is 0 Å². The fraction of sp³-hybridized carbons (Fsp3) is 0.556. The molecular formula is C18H22F3N3O. The van der Waals surface area contributed by atoms with E-state index >= 15 is 0 Å². The fourth-order valence-electron chi connectivity index (χ4n) is 2.90. The average Bonchev–Trinajstić information content (AvgIpc) is 2.81. The van der Waals surface area contributed by atoms with Crippen LogP contribution in [0.2, 0.25) is 0 Å². The Kier molecular flexibility index (Phi) is 4.51. The van der Waals surface area contributed by atoms with E-state index in [0.717, 1.165) is 31.4 Å². The minimum Gasteiger partial charge on any atom is -0.307 e. The number of nitrogens with one attached hydrogen (secondary N) is 1. The Morgan fingerprint density at radius 1 is 1.28 bits per heavy atom. The number of rotatable bonds is 4. The molecule has 1 N–H and O–H groups in total. The van der Waals surface area contributed by atoms with Gasteiger partial charge in [-0.15, -0.1) is 0 Å². The maximum atomic E-state index is 13.1. The summed E-state index contributed by atoms with van der Waals surface area (Å²) in [5, 5.41) is 2.82. The first-order valence-corrected chi connectivity index (χ1v) is 8.58.